The van der Waals surface area contributed by atoms with E-state index >= 15 is 0 Å². The molecule has 0 bridgehead atoms. The second-order valence-corrected chi connectivity index (χ2v) is 5.49. The van der Waals surface area contributed by atoms with Crippen LogP contribution in [0, 0.1) is 6.92 Å². The van der Waals surface area contributed by atoms with Gasteiger partial charge in [0.1, 0.15) is 5.82 Å². The van der Waals surface area contributed by atoms with Crippen molar-refractivity contribution in [3.8, 4) is 0 Å². The van der Waals surface area contributed by atoms with E-state index in [1.54, 1.807) is 0 Å². The zero-order valence-corrected chi connectivity index (χ0v) is 11.4. The summed E-state index contributed by atoms with van der Waals surface area (Å²) in [7, 11) is 0. The van der Waals surface area contributed by atoms with Crippen LogP contribution in [0.3, 0.4) is 0 Å². The zero-order chi connectivity index (χ0) is 12.3. The summed E-state index contributed by atoms with van der Waals surface area (Å²) < 4.78 is 2.32. The minimum Gasteiger partial charge on any atom is -0.331 e. The average Bonchev–Trinajstić information content (AvgIpc) is 2.50. The summed E-state index contributed by atoms with van der Waals surface area (Å²) in [6, 6.07) is 0.512. The fourth-order valence-corrected chi connectivity index (χ4v) is 2.62. The molecule has 0 unspecified atom stereocenters. The number of nitrogens with zero attached hydrogens (tertiary/aromatic N) is 3. The van der Waals surface area contributed by atoms with Crippen molar-refractivity contribution in [1.82, 2.24) is 14.5 Å². The first kappa shape index (κ1) is 12.6. The molecule has 1 aromatic rings. The van der Waals surface area contributed by atoms with Gasteiger partial charge in [0.25, 0.3) is 0 Å². The van der Waals surface area contributed by atoms with Crippen LogP contribution in [0.1, 0.15) is 57.1 Å². The molecular formula is C14H25N3. The summed E-state index contributed by atoms with van der Waals surface area (Å²) >= 11 is 0. The molecule has 1 aromatic heterocycles. The van der Waals surface area contributed by atoms with E-state index in [1.165, 1.54) is 44.6 Å². The Morgan fingerprint density at radius 2 is 1.82 bits per heavy atom. The fourth-order valence-electron chi connectivity index (χ4n) is 2.62. The Morgan fingerprint density at radius 3 is 2.41 bits per heavy atom. The normalized spacial score (nSPS) is 18.6. The third-order valence-electron chi connectivity index (χ3n) is 3.55. The molecule has 1 saturated heterocycles. The lowest BCUT2D eigenvalue weighted by molar-refractivity contribution is 0.264. The van der Waals surface area contributed by atoms with Crippen LogP contribution in [0.25, 0.3) is 0 Å². The van der Waals surface area contributed by atoms with Gasteiger partial charge in [0.15, 0.2) is 0 Å². The quantitative estimate of drug-likeness (QED) is 0.802. The van der Waals surface area contributed by atoms with Crippen molar-refractivity contribution in [3.63, 3.8) is 0 Å². The van der Waals surface area contributed by atoms with E-state index in [0.717, 1.165) is 12.2 Å². The Kier molecular flexibility index (Phi) is 4.21. The molecule has 1 aliphatic rings. The predicted octanol–water partition coefficient (Wildman–Crippen LogP) is 3.15. The summed E-state index contributed by atoms with van der Waals surface area (Å²) in [5, 5.41) is 0. The molecule has 0 radical (unpaired) electrons. The topological polar surface area (TPSA) is 21.1 Å². The molecule has 3 heteroatoms. The van der Waals surface area contributed by atoms with Crippen LogP contribution in [0.5, 0.6) is 0 Å². The fraction of sp³-hybridized carbons (Fsp3) is 0.786. The molecular weight excluding hydrogens is 210 g/mol. The van der Waals surface area contributed by atoms with Crippen molar-refractivity contribution in [1.29, 1.82) is 0 Å². The van der Waals surface area contributed by atoms with Crippen molar-refractivity contribution in [3.05, 3.63) is 17.7 Å². The first-order valence-electron chi connectivity index (χ1n) is 6.93. The molecule has 17 heavy (non-hydrogen) atoms. The number of rotatable bonds is 3. The molecule has 0 saturated carbocycles. The summed E-state index contributed by atoms with van der Waals surface area (Å²) in [5.74, 6) is 1.24. The maximum atomic E-state index is 4.68. The van der Waals surface area contributed by atoms with Crippen molar-refractivity contribution in [2.45, 2.75) is 59.0 Å². The zero-order valence-electron chi connectivity index (χ0n) is 11.4. The maximum Gasteiger partial charge on any atom is 0.123 e. The molecule has 0 spiro atoms. The smallest absolute Gasteiger partial charge is 0.123 e. The van der Waals surface area contributed by atoms with Gasteiger partial charge in [-0.25, -0.2) is 4.98 Å². The van der Waals surface area contributed by atoms with Crippen LogP contribution in [0.2, 0.25) is 0 Å². The molecule has 2 heterocycles. The molecule has 0 atom stereocenters. The summed E-state index contributed by atoms with van der Waals surface area (Å²) in [5.41, 5.74) is 1.14. The Balaban J connectivity index is 2.06. The van der Waals surface area contributed by atoms with Crippen molar-refractivity contribution >= 4 is 0 Å². The van der Waals surface area contributed by atoms with Gasteiger partial charge in [-0.3, -0.25) is 4.90 Å². The highest BCUT2D eigenvalue weighted by atomic mass is 15.2. The van der Waals surface area contributed by atoms with Gasteiger partial charge in [0.2, 0.25) is 0 Å². The summed E-state index contributed by atoms with van der Waals surface area (Å²) in [6.45, 7) is 10.0. The monoisotopic (exact) mass is 235 g/mol. The molecule has 1 fully saturated rings. The molecule has 1 aliphatic heterocycles. The molecule has 0 amide bonds. The van der Waals surface area contributed by atoms with Crippen molar-refractivity contribution < 1.29 is 0 Å². The average molecular weight is 235 g/mol. The maximum absolute atomic E-state index is 4.68. The number of aryl methyl sites for hydroxylation is 1. The Morgan fingerprint density at radius 1 is 1.18 bits per heavy atom. The largest absolute Gasteiger partial charge is 0.331 e. The molecule has 96 valence electrons. The molecule has 0 aliphatic carbocycles. The Labute approximate surface area is 105 Å². The van der Waals surface area contributed by atoms with Crippen LogP contribution in [-0.2, 0) is 6.54 Å². The van der Waals surface area contributed by atoms with Gasteiger partial charge in [0.05, 0.1) is 12.2 Å². The van der Waals surface area contributed by atoms with Gasteiger partial charge in [0, 0.05) is 12.2 Å². The third-order valence-corrected chi connectivity index (χ3v) is 3.55. The second kappa shape index (κ2) is 5.67. The SMILES string of the molecule is Cc1cn(C(C)C)c(CN2CCCCCC2)n1. The van der Waals surface area contributed by atoms with Crippen LogP contribution in [0.4, 0.5) is 0 Å². The lowest BCUT2D eigenvalue weighted by Crippen LogP contribution is -2.26. The van der Waals surface area contributed by atoms with E-state index in [-0.39, 0.29) is 0 Å². The summed E-state index contributed by atoms with van der Waals surface area (Å²) in [6.07, 6.45) is 7.67. The van der Waals surface area contributed by atoms with Crippen LogP contribution in [0.15, 0.2) is 6.20 Å². The molecule has 0 N–H and O–H groups in total. The molecule has 2 rings (SSSR count). The number of hydrogen-bond acceptors (Lipinski definition) is 2. The van der Waals surface area contributed by atoms with Gasteiger partial charge < -0.3 is 4.57 Å². The first-order chi connectivity index (χ1) is 8.16. The number of aromatic nitrogens is 2. The van der Waals surface area contributed by atoms with Gasteiger partial charge >= 0.3 is 0 Å². The van der Waals surface area contributed by atoms with E-state index in [1.807, 2.05) is 0 Å². The minimum atomic E-state index is 0.512. The van der Waals surface area contributed by atoms with Gasteiger partial charge in [-0.2, -0.15) is 0 Å². The van der Waals surface area contributed by atoms with Gasteiger partial charge in [-0.05, 0) is 46.7 Å². The summed E-state index contributed by atoms with van der Waals surface area (Å²) in [4.78, 5) is 7.24. The predicted molar refractivity (Wildman–Crippen MR) is 71.1 cm³/mol. The van der Waals surface area contributed by atoms with E-state index in [9.17, 15) is 0 Å². The molecule has 0 aromatic carbocycles. The third kappa shape index (κ3) is 3.32. The highest BCUT2D eigenvalue weighted by Gasteiger charge is 2.14. The second-order valence-electron chi connectivity index (χ2n) is 5.49. The Hall–Kier alpha value is -0.830. The standard InChI is InChI=1S/C14H25N3/c1-12(2)17-10-13(3)15-14(17)11-16-8-6-4-5-7-9-16/h10,12H,4-9,11H2,1-3H3. The van der Waals surface area contributed by atoms with Crippen LogP contribution in [-0.4, -0.2) is 27.5 Å². The number of imidazole rings is 1. The Bertz CT molecular complexity index is 346. The highest BCUT2D eigenvalue weighted by Crippen LogP contribution is 2.16. The van der Waals surface area contributed by atoms with E-state index < -0.39 is 0 Å². The molecule has 3 nitrogen and oxygen atoms in total. The van der Waals surface area contributed by atoms with E-state index in [0.29, 0.717) is 6.04 Å². The van der Waals surface area contributed by atoms with E-state index in [2.05, 4.69) is 41.4 Å². The van der Waals surface area contributed by atoms with Crippen LogP contribution < -0.4 is 0 Å². The first-order valence-corrected chi connectivity index (χ1v) is 6.93. The minimum absolute atomic E-state index is 0.512. The lowest BCUT2D eigenvalue weighted by Gasteiger charge is -2.21. The highest BCUT2D eigenvalue weighted by molar-refractivity contribution is 5.03. The lowest BCUT2D eigenvalue weighted by atomic mass is 10.2. The number of likely N-dealkylation sites (tertiary alicyclic amines) is 1. The number of hydrogen-bond donors (Lipinski definition) is 0. The van der Waals surface area contributed by atoms with Gasteiger partial charge in [-0.1, -0.05) is 12.8 Å². The van der Waals surface area contributed by atoms with Crippen molar-refractivity contribution in [2.24, 2.45) is 0 Å². The van der Waals surface area contributed by atoms with E-state index in [4.69, 9.17) is 0 Å². The van der Waals surface area contributed by atoms with Crippen LogP contribution >= 0.6 is 0 Å². The van der Waals surface area contributed by atoms with Gasteiger partial charge in [-0.15, -0.1) is 0 Å². The van der Waals surface area contributed by atoms with Crippen molar-refractivity contribution in [2.75, 3.05) is 13.1 Å².